The highest BCUT2D eigenvalue weighted by Crippen LogP contribution is 2.18. The number of aliphatic hydroxyl groups is 1. The molecule has 21 heavy (non-hydrogen) atoms. The number of nitrogens with zero attached hydrogens (tertiary/aromatic N) is 1. The van der Waals surface area contributed by atoms with Gasteiger partial charge in [-0.05, 0) is 19.3 Å². The predicted octanol–water partition coefficient (Wildman–Crippen LogP) is 1.45. The molecule has 0 aromatic carbocycles. The molecular weight excluding hydrogens is 268 g/mol. The normalized spacial score (nSPS) is 23.9. The fraction of sp³-hybridized carbons (Fsp3) is 0.875. The van der Waals surface area contributed by atoms with Crippen molar-refractivity contribution in [3.63, 3.8) is 0 Å². The summed E-state index contributed by atoms with van der Waals surface area (Å²) in [6, 6.07) is 0.306. The van der Waals surface area contributed by atoms with E-state index in [1.54, 1.807) is 4.90 Å². The van der Waals surface area contributed by atoms with E-state index in [0.29, 0.717) is 19.1 Å². The molecule has 120 valence electrons. The molecule has 2 fully saturated rings. The molecule has 2 rings (SSSR count). The Kier molecular flexibility index (Phi) is 6.49. The smallest absolute Gasteiger partial charge is 0.223 e. The first-order chi connectivity index (χ1) is 10.2. The number of aliphatic hydroxyl groups excluding tert-OH is 1. The van der Waals surface area contributed by atoms with Gasteiger partial charge in [0.15, 0.2) is 0 Å². The number of likely N-dealkylation sites (tertiary alicyclic amines) is 1. The van der Waals surface area contributed by atoms with Crippen molar-refractivity contribution in [1.29, 1.82) is 0 Å². The first-order valence-electron chi connectivity index (χ1n) is 8.37. The van der Waals surface area contributed by atoms with Crippen LogP contribution in [-0.4, -0.2) is 47.6 Å². The lowest BCUT2D eigenvalue weighted by molar-refractivity contribution is -0.133. The van der Waals surface area contributed by atoms with E-state index in [2.05, 4.69) is 5.32 Å². The van der Waals surface area contributed by atoms with Crippen molar-refractivity contribution < 1.29 is 14.7 Å². The van der Waals surface area contributed by atoms with Crippen LogP contribution in [0.4, 0.5) is 0 Å². The third kappa shape index (κ3) is 5.30. The number of hydrogen-bond acceptors (Lipinski definition) is 3. The first-order valence-corrected chi connectivity index (χ1v) is 8.37. The van der Waals surface area contributed by atoms with Crippen molar-refractivity contribution in [3.05, 3.63) is 0 Å². The molecule has 2 aliphatic rings. The second-order valence-electron chi connectivity index (χ2n) is 6.43. The second-order valence-corrected chi connectivity index (χ2v) is 6.43. The topological polar surface area (TPSA) is 69.6 Å². The van der Waals surface area contributed by atoms with Crippen LogP contribution in [0.5, 0.6) is 0 Å². The van der Waals surface area contributed by atoms with Gasteiger partial charge in [0, 0.05) is 44.5 Å². The van der Waals surface area contributed by atoms with Crippen LogP contribution in [0.25, 0.3) is 0 Å². The van der Waals surface area contributed by atoms with E-state index in [1.165, 1.54) is 25.7 Å². The van der Waals surface area contributed by atoms with Gasteiger partial charge in [-0.3, -0.25) is 9.59 Å². The summed E-state index contributed by atoms with van der Waals surface area (Å²) in [5.74, 6) is 0.267. The Labute approximate surface area is 127 Å². The minimum atomic E-state index is 0.00755. The zero-order valence-corrected chi connectivity index (χ0v) is 12.9. The minimum Gasteiger partial charge on any atom is -0.396 e. The van der Waals surface area contributed by atoms with Gasteiger partial charge >= 0.3 is 0 Å². The largest absolute Gasteiger partial charge is 0.396 e. The fourth-order valence-corrected chi connectivity index (χ4v) is 3.31. The highest BCUT2D eigenvalue weighted by Gasteiger charge is 2.25. The van der Waals surface area contributed by atoms with E-state index >= 15 is 0 Å². The third-order valence-corrected chi connectivity index (χ3v) is 4.68. The Balaban J connectivity index is 1.65. The van der Waals surface area contributed by atoms with E-state index in [-0.39, 0.29) is 37.2 Å². The van der Waals surface area contributed by atoms with Crippen LogP contribution in [0.2, 0.25) is 0 Å². The molecule has 0 aromatic rings. The van der Waals surface area contributed by atoms with Crippen LogP contribution in [0.15, 0.2) is 0 Å². The molecule has 1 saturated carbocycles. The number of hydrogen-bond donors (Lipinski definition) is 2. The number of carbonyl (C=O) groups is 2. The van der Waals surface area contributed by atoms with Crippen molar-refractivity contribution in [1.82, 2.24) is 10.2 Å². The Morgan fingerprint density at radius 2 is 1.76 bits per heavy atom. The molecule has 0 bridgehead atoms. The summed E-state index contributed by atoms with van der Waals surface area (Å²) in [6.07, 6.45) is 8.52. The second kappa shape index (κ2) is 8.37. The van der Waals surface area contributed by atoms with Crippen LogP contribution in [0.1, 0.15) is 57.8 Å². The number of nitrogens with one attached hydrogen (secondary N) is 1. The van der Waals surface area contributed by atoms with Gasteiger partial charge in [0.2, 0.25) is 11.8 Å². The number of carbonyl (C=O) groups excluding carboxylic acids is 2. The number of amides is 2. The van der Waals surface area contributed by atoms with Crippen molar-refractivity contribution in [3.8, 4) is 0 Å². The molecule has 1 aliphatic carbocycles. The highest BCUT2D eigenvalue weighted by atomic mass is 16.3. The van der Waals surface area contributed by atoms with E-state index in [0.717, 1.165) is 19.3 Å². The average Bonchev–Trinajstić information content (AvgIpc) is 2.83. The molecule has 0 spiro atoms. The van der Waals surface area contributed by atoms with Crippen molar-refractivity contribution in [2.45, 2.75) is 63.8 Å². The predicted molar refractivity (Wildman–Crippen MR) is 80.6 cm³/mol. The van der Waals surface area contributed by atoms with Gasteiger partial charge in [-0.1, -0.05) is 25.7 Å². The van der Waals surface area contributed by atoms with Crippen LogP contribution >= 0.6 is 0 Å². The summed E-state index contributed by atoms with van der Waals surface area (Å²) < 4.78 is 0. The van der Waals surface area contributed by atoms with Gasteiger partial charge in [-0.2, -0.15) is 0 Å². The molecule has 1 saturated heterocycles. The Morgan fingerprint density at radius 1 is 1.05 bits per heavy atom. The first kappa shape index (κ1) is 16.3. The quantitative estimate of drug-likeness (QED) is 0.754. The molecule has 2 N–H and O–H groups in total. The molecule has 0 unspecified atom stereocenters. The molecule has 2 amide bonds. The van der Waals surface area contributed by atoms with Crippen LogP contribution < -0.4 is 5.32 Å². The van der Waals surface area contributed by atoms with E-state index < -0.39 is 0 Å². The lowest BCUT2D eigenvalue weighted by Crippen LogP contribution is -2.36. The van der Waals surface area contributed by atoms with Gasteiger partial charge in [0.05, 0.1) is 0 Å². The fourth-order valence-electron chi connectivity index (χ4n) is 3.31. The van der Waals surface area contributed by atoms with Gasteiger partial charge in [-0.15, -0.1) is 0 Å². The van der Waals surface area contributed by atoms with Gasteiger partial charge < -0.3 is 15.3 Å². The molecule has 1 heterocycles. The van der Waals surface area contributed by atoms with E-state index in [1.807, 2.05) is 0 Å². The highest BCUT2D eigenvalue weighted by molar-refractivity contribution is 5.84. The monoisotopic (exact) mass is 296 g/mol. The summed E-state index contributed by atoms with van der Waals surface area (Å²) in [6.45, 7) is 1.50. The molecule has 1 atom stereocenters. The van der Waals surface area contributed by atoms with E-state index in [9.17, 15) is 9.59 Å². The zero-order valence-electron chi connectivity index (χ0n) is 12.9. The lowest BCUT2D eigenvalue weighted by atomic mass is 10.1. The van der Waals surface area contributed by atoms with Crippen LogP contribution in [0, 0.1) is 5.92 Å². The Bertz CT molecular complexity index is 351. The van der Waals surface area contributed by atoms with Crippen molar-refractivity contribution in [2.24, 2.45) is 5.92 Å². The summed E-state index contributed by atoms with van der Waals surface area (Å²) in [5.41, 5.74) is 0. The third-order valence-electron chi connectivity index (χ3n) is 4.68. The molecule has 0 radical (unpaired) electrons. The maximum Gasteiger partial charge on any atom is 0.223 e. The molecule has 5 nitrogen and oxygen atoms in total. The minimum absolute atomic E-state index is 0.00755. The van der Waals surface area contributed by atoms with E-state index in [4.69, 9.17) is 5.11 Å². The van der Waals surface area contributed by atoms with Gasteiger partial charge in [-0.25, -0.2) is 0 Å². The lowest BCUT2D eigenvalue weighted by Gasteiger charge is -2.18. The van der Waals surface area contributed by atoms with Gasteiger partial charge in [0.1, 0.15) is 0 Å². The SMILES string of the molecule is O=C(CCC(=O)N1CC[C@@H](CO)C1)NC1CCCCCC1. The number of rotatable bonds is 5. The summed E-state index contributed by atoms with van der Waals surface area (Å²) in [4.78, 5) is 25.7. The molecule has 0 aromatic heterocycles. The van der Waals surface area contributed by atoms with Crippen molar-refractivity contribution in [2.75, 3.05) is 19.7 Å². The summed E-state index contributed by atoms with van der Waals surface area (Å²) in [7, 11) is 0. The summed E-state index contributed by atoms with van der Waals surface area (Å²) >= 11 is 0. The maximum absolute atomic E-state index is 12.0. The Hall–Kier alpha value is -1.10. The van der Waals surface area contributed by atoms with Crippen LogP contribution in [0.3, 0.4) is 0 Å². The molecule has 5 heteroatoms. The summed E-state index contributed by atoms with van der Waals surface area (Å²) in [5, 5.41) is 12.2. The van der Waals surface area contributed by atoms with Gasteiger partial charge in [0.25, 0.3) is 0 Å². The van der Waals surface area contributed by atoms with Crippen LogP contribution in [-0.2, 0) is 9.59 Å². The molecular formula is C16H28N2O3. The maximum atomic E-state index is 12.0. The van der Waals surface area contributed by atoms with Crippen molar-refractivity contribution >= 4 is 11.8 Å². The molecule has 1 aliphatic heterocycles. The Morgan fingerprint density at radius 3 is 2.38 bits per heavy atom. The standard InChI is InChI=1S/C16H28N2O3/c19-12-13-9-10-18(11-13)16(21)8-7-15(20)17-14-5-3-1-2-4-6-14/h13-14,19H,1-12H2,(H,17,20)/t13-/m1/s1. The average molecular weight is 296 g/mol. The zero-order chi connectivity index (χ0) is 15.1.